The van der Waals surface area contributed by atoms with Gasteiger partial charge in [0, 0.05) is 17.8 Å². The van der Waals surface area contributed by atoms with Crippen LogP contribution in [-0.2, 0) is 34.0 Å². The second-order valence-corrected chi connectivity index (χ2v) is 7.17. The molecule has 3 aromatic rings. The van der Waals surface area contributed by atoms with Crippen LogP contribution in [-0.4, -0.2) is 27.2 Å². The van der Waals surface area contributed by atoms with Crippen molar-refractivity contribution in [3.05, 3.63) is 97.6 Å². The molecule has 0 spiro atoms. The molecule has 1 aliphatic heterocycles. The molecule has 2 aromatic heterocycles. The number of ether oxygens (including phenoxy) is 3. The van der Waals surface area contributed by atoms with Gasteiger partial charge in [0.2, 0.25) is 11.6 Å². The zero-order chi connectivity index (χ0) is 22.7. The summed E-state index contributed by atoms with van der Waals surface area (Å²) in [7, 11) is 1.49. The van der Waals surface area contributed by atoms with E-state index in [-0.39, 0.29) is 31.1 Å². The van der Waals surface area contributed by atoms with Gasteiger partial charge in [-0.3, -0.25) is 13.9 Å². The highest BCUT2D eigenvalue weighted by atomic mass is 16.6. The second-order valence-electron chi connectivity index (χ2n) is 7.17. The second kappa shape index (κ2) is 8.93. The fourth-order valence-electron chi connectivity index (χ4n) is 3.34. The number of carbonyl (C=O) groups excluding carboxylic acids is 1. The molecular weight excluding hydrogens is 414 g/mol. The molecular formula is C23H21N3O6. The zero-order valence-electron chi connectivity index (χ0n) is 17.6. The van der Waals surface area contributed by atoms with Crippen molar-refractivity contribution in [2.75, 3.05) is 7.11 Å². The fourth-order valence-corrected chi connectivity index (χ4v) is 3.34. The molecule has 0 fully saturated rings. The Balaban J connectivity index is 1.61. The van der Waals surface area contributed by atoms with Crippen molar-refractivity contribution < 1.29 is 19.0 Å². The summed E-state index contributed by atoms with van der Waals surface area (Å²) >= 11 is 0. The van der Waals surface area contributed by atoms with Crippen molar-refractivity contribution in [1.29, 1.82) is 0 Å². The van der Waals surface area contributed by atoms with Gasteiger partial charge in [0.25, 0.3) is 5.56 Å². The van der Waals surface area contributed by atoms with Crippen LogP contribution >= 0.6 is 0 Å². The molecule has 4 rings (SSSR count). The molecule has 0 bridgehead atoms. The topological polar surface area (TPSA) is 102 Å². The van der Waals surface area contributed by atoms with Crippen molar-refractivity contribution in [2.24, 2.45) is 0 Å². The van der Waals surface area contributed by atoms with Gasteiger partial charge in [0.1, 0.15) is 13.2 Å². The third kappa shape index (κ3) is 4.18. The van der Waals surface area contributed by atoms with Crippen LogP contribution in [0.4, 0.5) is 0 Å². The number of methoxy groups -OCH3 is 1. The first-order valence-corrected chi connectivity index (χ1v) is 9.87. The van der Waals surface area contributed by atoms with E-state index < -0.39 is 11.7 Å². The van der Waals surface area contributed by atoms with Gasteiger partial charge in [-0.1, -0.05) is 30.3 Å². The average molecular weight is 435 g/mol. The summed E-state index contributed by atoms with van der Waals surface area (Å²) in [6, 6.07) is 12.5. The number of esters is 1. The normalized spacial score (nSPS) is 12.4. The number of benzene rings is 1. The molecule has 0 saturated heterocycles. The minimum absolute atomic E-state index is 0.0211. The summed E-state index contributed by atoms with van der Waals surface area (Å²) in [4.78, 5) is 42.3. The minimum atomic E-state index is -0.725. The molecule has 1 aromatic carbocycles. The van der Waals surface area contributed by atoms with Crippen LogP contribution in [0, 0.1) is 6.92 Å². The molecule has 0 radical (unpaired) electrons. The molecule has 0 atom stereocenters. The van der Waals surface area contributed by atoms with E-state index in [9.17, 15) is 14.4 Å². The van der Waals surface area contributed by atoms with Gasteiger partial charge in [-0.05, 0) is 24.1 Å². The summed E-state index contributed by atoms with van der Waals surface area (Å²) < 4.78 is 18.3. The molecule has 0 aliphatic carbocycles. The Morgan fingerprint density at radius 2 is 1.94 bits per heavy atom. The van der Waals surface area contributed by atoms with Crippen molar-refractivity contribution >= 4 is 12.2 Å². The van der Waals surface area contributed by atoms with Crippen LogP contribution in [0.3, 0.4) is 0 Å². The Morgan fingerprint density at radius 3 is 2.69 bits per heavy atom. The number of carbonyl (C=O) groups is 1. The van der Waals surface area contributed by atoms with Crippen LogP contribution in [0.2, 0.25) is 0 Å². The largest absolute Gasteiger partial charge is 0.481 e. The van der Waals surface area contributed by atoms with E-state index in [4.69, 9.17) is 14.2 Å². The highest BCUT2D eigenvalue weighted by molar-refractivity contribution is 5.89. The number of pyridine rings is 1. The van der Waals surface area contributed by atoms with Gasteiger partial charge in [-0.15, -0.1) is 0 Å². The highest BCUT2D eigenvalue weighted by Crippen LogP contribution is 2.17. The molecule has 0 saturated carbocycles. The summed E-state index contributed by atoms with van der Waals surface area (Å²) in [5.74, 6) is -0.444. The Hall–Kier alpha value is -4.14. The van der Waals surface area contributed by atoms with Crippen LogP contribution in [0.25, 0.3) is 6.20 Å². The van der Waals surface area contributed by atoms with Crippen LogP contribution in [0.5, 0.6) is 5.88 Å². The molecule has 32 heavy (non-hydrogen) atoms. The van der Waals surface area contributed by atoms with Crippen LogP contribution < -0.4 is 16.0 Å². The zero-order valence-corrected chi connectivity index (χ0v) is 17.6. The van der Waals surface area contributed by atoms with Crippen LogP contribution in [0.1, 0.15) is 22.4 Å². The Labute approximate surface area is 183 Å². The van der Waals surface area contributed by atoms with E-state index in [1.807, 2.05) is 30.3 Å². The van der Waals surface area contributed by atoms with Gasteiger partial charge in [0.05, 0.1) is 25.5 Å². The average Bonchev–Trinajstić information content (AvgIpc) is 2.84. The molecule has 1 aliphatic rings. The molecule has 164 valence electrons. The van der Waals surface area contributed by atoms with Crippen molar-refractivity contribution in [3.8, 4) is 5.88 Å². The number of aromatic nitrogens is 3. The maximum atomic E-state index is 13.1. The lowest BCUT2D eigenvalue weighted by Gasteiger charge is -2.21. The minimum Gasteiger partial charge on any atom is -0.481 e. The van der Waals surface area contributed by atoms with Gasteiger partial charge >= 0.3 is 11.7 Å². The molecule has 0 N–H and O–H groups in total. The standard InChI is InChI=1S/C23H21N3O6/c1-15-18-14-31-19(22(28)32-13-17-8-9-24-20(10-17)30-2)12-25(18)23(29)26(21(15)27)11-16-6-4-3-5-7-16/h3-10,12H,11,13-14H2,1-2H3. The summed E-state index contributed by atoms with van der Waals surface area (Å²) in [5, 5.41) is 0. The number of rotatable bonds is 6. The Morgan fingerprint density at radius 1 is 1.16 bits per heavy atom. The quantitative estimate of drug-likeness (QED) is 0.545. The molecule has 9 nitrogen and oxygen atoms in total. The summed E-state index contributed by atoms with van der Waals surface area (Å²) in [5.41, 5.74) is 1.35. The van der Waals surface area contributed by atoms with Crippen molar-refractivity contribution in [2.45, 2.75) is 26.7 Å². The highest BCUT2D eigenvalue weighted by Gasteiger charge is 2.24. The van der Waals surface area contributed by atoms with Gasteiger partial charge < -0.3 is 14.2 Å². The summed E-state index contributed by atoms with van der Waals surface area (Å²) in [6.07, 6.45) is 2.81. The monoisotopic (exact) mass is 435 g/mol. The van der Waals surface area contributed by atoms with E-state index in [0.29, 0.717) is 22.7 Å². The maximum Gasteiger partial charge on any atom is 0.375 e. The number of hydrogen-bond acceptors (Lipinski definition) is 7. The summed E-state index contributed by atoms with van der Waals surface area (Å²) in [6.45, 7) is 1.64. The predicted molar refractivity (Wildman–Crippen MR) is 115 cm³/mol. The first kappa shape index (κ1) is 21.1. The first-order valence-electron chi connectivity index (χ1n) is 9.87. The van der Waals surface area contributed by atoms with Gasteiger partial charge in [-0.2, -0.15) is 0 Å². The van der Waals surface area contributed by atoms with E-state index in [0.717, 1.165) is 10.1 Å². The lowest BCUT2D eigenvalue weighted by Crippen LogP contribution is -2.43. The predicted octanol–water partition coefficient (Wildman–Crippen LogP) is 1.84. The van der Waals surface area contributed by atoms with Crippen molar-refractivity contribution in [1.82, 2.24) is 14.1 Å². The number of hydrogen-bond donors (Lipinski definition) is 0. The molecule has 0 unspecified atom stereocenters. The lowest BCUT2D eigenvalue weighted by atomic mass is 10.2. The molecule has 3 heterocycles. The van der Waals surface area contributed by atoms with E-state index in [2.05, 4.69) is 4.98 Å². The van der Waals surface area contributed by atoms with E-state index in [1.165, 1.54) is 17.9 Å². The molecule has 9 heteroatoms. The van der Waals surface area contributed by atoms with Crippen LogP contribution in [0.15, 0.2) is 64.0 Å². The van der Waals surface area contributed by atoms with Gasteiger partial charge in [-0.25, -0.2) is 14.6 Å². The maximum absolute atomic E-state index is 13.1. The van der Waals surface area contributed by atoms with Gasteiger partial charge in [0.15, 0.2) is 0 Å². The smallest absolute Gasteiger partial charge is 0.375 e. The Kier molecular flexibility index (Phi) is 5.89. The third-order valence-corrected chi connectivity index (χ3v) is 5.10. The SMILES string of the molecule is COc1cc(COC(=O)C2=Cn3c(c(C)c(=O)n(Cc4ccccc4)c3=O)CO2)ccn1. The fraction of sp³-hybridized carbons (Fsp3) is 0.217. The third-order valence-electron chi connectivity index (χ3n) is 5.10. The first-order chi connectivity index (χ1) is 15.5. The molecule has 0 amide bonds. The van der Waals surface area contributed by atoms with Crippen molar-refractivity contribution in [3.63, 3.8) is 0 Å². The number of fused-ring (bicyclic) bond motifs is 1. The number of nitrogens with zero attached hydrogens (tertiary/aromatic N) is 3. The Bertz CT molecular complexity index is 1310. The van der Waals surface area contributed by atoms with E-state index >= 15 is 0 Å². The van der Waals surface area contributed by atoms with E-state index in [1.54, 1.807) is 25.3 Å². The lowest BCUT2D eigenvalue weighted by molar-refractivity contribution is -0.144.